The van der Waals surface area contributed by atoms with Gasteiger partial charge in [0.15, 0.2) is 18.0 Å². The monoisotopic (exact) mass is 391 g/mol. The maximum absolute atomic E-state index is 13.1. The minimum absolute atomic E-state index is 0.0484. The number of rotatable bonds is 7. The average molecular weight is 391 g/mol. The average Bonchev–Trinajstić information content (AvgIpc) is 3.44. The molecule has 1 aliphatic carbocycles. The van der Waals surface area contributed by atoms with E-state index in [9.17, 15) is 13.6 Å². The molecule has 0 radical (unpaired) electrons. The van der Waals surface area contributed by atoms with Crippen LogP contribution in [0.3, 0.4) is 0 Å². The van der Waals surface area contributed by atoms with Crippen molar-refractivity contribution in [1.82, 2.24) is 0 Å². The minimum Gasteiger partial charge on any atom is -0.497 e. The Hall–Kier alpha value is -2.87. The molecular formula is C20H21F2N2O4+. The number of carbonyl (C=O) groups is 1. The van der Waals surface area contributed by atoms with Crippen molar-refractivity contribution in [1.29, 1.82) is 0 Å². The third-order valence-corrected chi connectivity index (χ3v) is 4.82. The molecule has 1 saturated carbocycles. The smallest absolute Gasteiger partial charge is 0.497 e. The minimum atomic E-state index is -3.67. The summed E-state index contributed by atoms with van der Waals surface area (Å²) in [6.07, 6.45) is -1.48. The maximum atomic E-state index is 13.1. The Labute approximate surface area is 161 Å². The van der Waals surface area contributed by atoms with Gasteiger partial charge in [0.1, 0.15) is 12.3 Å². The van der Waals surface area contributed by atoms with Crippen LogP contribution in [0.2, 0.25) is 0 Å². The number of methoxy groups -OCH3 is 1. The number of alkyl halides is 2. The molecule has 2 aromatic carbocycles. The van der Waals surface area contributed by atoms with Crippen LogP contribution in [0.15, 0.2) is 42.5 Å². The summed E-state index contributed by atoms with van der Waals surface area (Å²) in [5.74, 6) is 0.476. The van der Waals surface area contributed by atoms with Crippen molar-refractivity contribution in [2.24, 2.45) is 0 Å². The SMILES string of the molecule is COc1ccc(C[NH+](CC(=O)Nc2ccc3c(c2)OC(F)(F)O3)C2CC2)cc1. The second-order valence-corrected chi connectivity index (χ2v) is 7.01. The zero-order chi connectivity index (χ0) is 19.7. The summed E-state index contributed by atoms with van der Waals surface area (Å²) in [4.78, 5) is 13.7. The van der Waals surface area contributed by atoms with Gasteiger partial charge in [-0.05, 0) is 36.4 Å². The fourth-order valence-electron chi connectivity index (χ4n) is 3.29. The van der Waals surface area contributed by atoms with Crippen molar-refractivity contribution in [2.45, 2.75) is 31.7 Å². The normalized spacial score (nSPS) is 17.8. The summed E-state index contributed by atoms with van der Waals surface area (Å²) in [5.41, 5.74) is 1.52. The lowest BCUT2D eigenvalue weighted by Crippen LogP contribution is -3.13. The highest BCUT2D eigenvalue weighted by molar-refractivity contribution is 5.91. The van der Waals surface area contributed by atoms with Crippen LogP contribution < -0.4 is 24.4 Å². The van der Waals surface area contributed by atoms with Gasteiger partial charge in [-0.3, -0.25) is 4.79 Å². The molecule has 8 heteroatoms. The van der Waals surface area contributed by atoms with Crippen molar-refractivity contribution in [3.8, 4) is 17.2 Å². The Morgan fingerprint density at radius 3 is 2.57 bits per heavy atom. The zero-order valence-corrected chi connectivity index (χ0v) is 15.3. The van der Waals surface area contributed by atoms with Crippen molar-refractivity contribution >= 4 is 11.6 Å². The second-order valence-electron chi connectivity index (χ2n) is 7.01. The van der Waals surface area contributed by atoms with E-state index in [0.29, 0.717) is 18.3 Å². The summed E-state index contributed by atoms with van der Waals surface area (Å²) in [7, 11) is 1.62. The van der Waals surface area contributed by atoms with E-state index in [1.807, 2.05) is 24.3 Å². The molecule has 2 N–H and O–H groups in total. The highest BCUT2D eigenvalue weighted by Crippen LogP contribution is 2.42. The molecule has 1 fully saturated rings. The Balaban J connectivity index is 1.37. The van der Waals surface area contributed by atoms with Crippen LogP contribution in [0.1, 0.15) is 18.4 Å². The molecule has 0 saturated heterocycles. The van der Waals surface area contributed by atoms with Crippen LogP contribution in [0.5, 0.6) is 17.2 Å². The molecule has 2 aliphatic rings. The van der Waals surface area contributed by atoms with Crippen LogP contribution in [0, 0.1) is 0 Å². The largest absolute Gasteiger partial charge is 0.586 e. The van der Waals surface area contributed by atoms with Crippen molar-refractivity contribution < 1.29 is 32.7 Å². The number of anilines is 1. The van der Waals surface area contributed by atoms with E-state index in [4.69, 9.17) is 4.74 Å². The summed E-state index contributed by atoms with van der Waals surface area (Å²) < 4.78 is 40.2. The predicted molar refractivity (Wildman–Crippen MR) is 96.8 cm³/mol. The third kappa shape index (κ3) is 4.33. The highest BCUT2D eigenvalue weighted by atomic mass is 19.3. The number of benzene rings is 2. The van der Waals surface area contributed by atoms with Gasteiger partial charge in [-0.15, -0.1) is 8.78 Å². The molecule has 1 unspecified atom stereocenters. The van der Waals surface area contributed by atoms with Crippen LogP contribution in [0.4, 0.5) is 14.5 Å². The molecule has 6 nitrogen and oxygen atoms in total. The molecule has 1 amide bonds. The van der Waals surface area contributed by atoms with E-state index >= 15 is 0 Å². The summed E-state index contributed by atoms with van der Waals surface area (Å²) in [6, 6.07) is 12.5. The first-order chi connectivity index (χ1) is 13.4. The molecule has 4 rings (SSSR count). The molecule has 148 valence electrons. The molecule has 1 aliphatic heterocycles. The standard InChI is InChI=1S/C20H20F2N2O4/c1-26-16-7-2-13(3-8-16)11-24(15-5-6-15)12-19(25)23-14-4-9-17-18(10-14)28-20(21,22)27-17/h2-4,7-10,15H,5-6,11-12H2,1H3,(H,23,25)/p+1. The van der Waals surface area contributed by atoms with Crippen LogP contribution in [-0.2, 0) is 11.3 Å². The van der Waals surface area contributed by atoms with E-state index in [2.05, 4.69) is 14.8 Å². The number of ether oxygens (including phenoxy) is 3. The Bertz CT molecular complexity index is 869. The Morgan fingerprint density at radius 1 is 1.18 bits per heavy atom. The van der Waals surface area contributed by atoms with Crippen LogP contribution in [0.25, 0.3) is 0 Å². The molecule has 0 aromatic heterocycles. The number of fused-ring (bicyclic) bond motifs is 1. The lowest BCUT2D eigenvalue weighted by Gasteiger charge is -2.19. The van der Waals surface area contributed by atoms with Gasteiger partial charge < -0.3 is 24.4 Å². The number of hydrogen-bond donors (Lipinski definition) is 2. The fourth-order valence-corrected chi connectivity index (χ4v) is 3.29. The van der Waals surface area contributed by atoms with Crippen molar-refractivity contribution in [3.63, 3.8) is 0 Å². The predicted octanol–water partition coefficient (Wildman–Crippen LogP) is 2.20. The first kappa shape index (κ1) is 18.5. The van der Waals surface area contributed by atoms with E-state index in [1.54, 1.807) is 7.11 Å². The molecule has 0 bridgehead atoms. The molecule has 1 heterocycles. The number of halogens is 2. The van der Waals surface area contributed by atoms with E-state index in [-0.39, 0.29) is 17.4 Å². The lowest BCUT2D eigenvalue weighted by atomic mass is 10.2. The molecule has 0 spiro atoms. The van der Waals surface area contributed by atoms with Gasteiger partial charge in [-0.1, -0.05) is 0 Å². The van der Waals surface area contributed by atoms with Gasteiger partial charge in [-0.2, -0.15) is 0 Å². The molecular weight excluding hydrogens is 370 g/mol. The van der Waals surface area contributed by atoms with Crippen molar-refractivity contribution in [2.75, 3.05) is 19.0 Å². The van der Waals surface area contributed by atoms with Gasteiger partial charge in [0.05, 0.1) is 13.2 Å². The number of quaternary nitrogens is 1. The van der Waals surface area contributed by atoms with Gasteiger partial charge in [0, 0.05) is 30.2 Å². The summed E-state index contributed by atoms with van der Waals surface area (Å²) in [6.45, 7) is 1.02. The number of nitrogens with one attached hydrogen (secondary N) is 2. The third-order valence-electron chi connectivity index (χ3n) is 4.82. The van der Waals surface area contributed by atoms with Gasteiger partial charge >= 0.3 is 6.29 Å². The summed E-state index contributed by atoms with van der Waals surface area (Å²) in [5, 5.41) is 2.76. The first-order valence-corrected chi connectivity index (χ1v) is 9.09. The topological polar surface area (TPSA) is 61.2 Å². The van der Waals surface area contributed by atoms with E-state index < -0.39 is 6.29 Å². The summed E-state index contributed by atoms with van der Waals surface area (Å²) >= 11 is 0. The second kappa shape index (κ2) is 7.27. The van der Waals surface area contributed by atoms with Gasteiger partial charge in [0.2, 0.25) is 0 Å². The fraction of sp³-hybridized carbons (Fsp3) is 0.350. The number of amides is 1. The lowest BCUT2D eigenvalue weighted by molar-refractivity contribution is -0.916. The first-order valence-electron chi connectivity index (χ1n) is 9.09. The van der Waals surface area contributed by atoms with Crippen LogP contribution in [-0.4, -0.2) is 31.9 Å². The Morgan fingerprint density at radius 2 is 1.89 bits per heavy atom. The number of carbonyl (C=O) groups excluding carboxylic acids is 1. The van der Waals surface area contributed by atoms with Crippen molar-refractivity contribution in [3.05, 3.63) is 48.0 Å². The van der Waals surface area contributed by atoms with E-state index in [0.717, 1.165) is 30.7 Å². The number of hydrogen-bond acceptors (Lipinski definition) is 4. The van der Waals surface area contributed by atoms with Crippen LogP contribution >= 0.6 is 0 Å². The zero-order valence-electron chi connectivity index (χ0n) is 15.3. The highest BCUT2D eigenvalue weighted by Gasteiger charge is 2.43. The quantitative estimate of drug-likeness (QED) is 0.760. The van der Waals surface area contributed by atoms with Gasteiger partial charge in [-0.25, -0.2) is 0 Å². The molecule has 28 heavy (non-hydrogen) atoms. The maximum Gasteiger partial charge on any atom is 0.586 e. The molecule has 2 aromatic rings. The van der Waals surface area contributed by atoms with Gasteiger partial charge in [0.25, 0.3) is 5.91 Å². The Kier molecular flexibility index (Phi) is 4.80. The molecule has 1 atom stereocenters. The van der Waals surface area contributed by atoms with E-state index in [1.165, 1.54) is 23.1 Å².